The van der Waals surface area contributed by atoms with Crippen molar-refractivity contribution < 1.29 is 0 Å². The first-order valence-corrected chi connectivity index (χ1v) is 9.92. The number of rotatable bonds is 6. The predicted octanol–water partition coefficient (Wildman–Crippen LogP) is 3.81. The Labute approximate surface area is 161 Å². The van der Waals surface area contributed by atoms with Gasteiger partial charge < -0.3 is 0 Å². The molecule has 0 unspecified atom stereocenters. The van der Waals surface area contributed by atoms with E-state index in [0.29, 0.717) is 5.92 Å². The number of piperidine rings is 1. The highest BCUT2D eigenvalue weighted by molar-refractivity contribution is 5.53. The Bertz CT molecular complexity index is 836. The third-order valence-electron chi connectivity index (χ3n) is 5.41. The van der Waals surface area contributed by atoms with Gasteiger partial charge in [0.15, 0.2) is 5.82 Å². The Morgan fingerprint density at radius 1 is 1.00 bits per heavy atom. The van der Waals surface area contributed by atoms with Crippen LogP contribution in [0.5, 0.6) is 0 Å². The lowest BCUT2D eigenvalue weighted by Crippen LogP contribution is -2.34. The normalized spacial score (nSPS) is 15.9. The van der Waals surface area contributed by atoms with Crippen LogP contribution in [0.3, 0.4) is 0 Å². The predicted molar refractivity (Wildman–Crippen MR) is 107 cm³/mol. The van der Waals surface area contributed by atoms with Crippen LogP contribution in [0.25, 0.3) is 11.4 Å². The van der Waals surface area contributed by atoms with Crippen LogP contribution in [0.1, 0.15) is 31.2 Å². The molecule has 3 aromatic rings. The Kier molecular flexibility index (Phi) is 5.58. The highest BCUT2D eigenvalue weighted by atomic mass is 15.3. The summed E-state index contributed by atoms with van der Waals surface area (Å²) in [5.74, 6) is 2.62. The Morgan fingerprint density at radius 3 is 2.44 bits per heavy atom. The van der Waals surface area contributed by atoms with Gasteiger partial charge in [-0.25, -0.2) is 9.67 Å². The zero-order valence-electron chi connectivity index (χ0n) is 16.0. The fraction of sp³-hybridized carbons (Fsp3) is 0.409. The number of hydrogen-bond donors (Lipinski definition) is 0. The molecule has 1 aliphatic rings. The van der Waals surface area contributed by atoms with Gasteiger partial charge >= 0.3 is 0 Å². The van der Waals surface area contributed by atoms with Crippen LogP contribution in [-0.4, -0.2) is 37.7 Å². The third-order valence-corrected chi connectivity index (χ3v) is 5.41. The van der Waals surface area contributed by atoms with E-state index in [1.165, 1.54) is 18.4 Å². The number of likely N-dealkylation sites (tertiary alicyclic amines) is 1. The van der Waals surface area contributed by atoms with Crippen LogP contribution in [0.4, 0.5) is 0 Å². The molecule has 4 rings (SSSR count). The summed E-state index contributed by atoms with van der Waals surface area (Å²) in [7, 11) is 0. The molecule has 1 saturated heterocycles. The largest absolute Gasteiger partial charge is 0.299 e. The van der Waals surface area contributed by atoms with Crippen LogP contribution < -0.4 is 0 Å². The van der Waals surface area contributed by atoms with Crippen molar-refractivity contribution in [2.45, 2.75) is 39.3 Å². The van der Waals surface area contributed by atoms with E-state index in [2.05, 4.69) is 51.8 Å². The molecule has 5 nitrogen and oxygen atoms in total. The summed E-state index contributed by atoms with van der Waals surface area (Å²) < 4.78 is 2.06. The van der Waals surface area contributed by atoms with E-state index in [-0.39, 0.29) is 0 Å². The van der Waals surface area contributed by atoms with E-state index in [4.69, 9.17) is 10.1 Å². The standard InChI is InChI=1S/C22H27N5/c1-2-27-21(24-22(25-27)20-8-12-23-13-9-20)16-18-10-14-26(15-11-18)17-19-6-4-3-5-7-19/h3-9,12-13,18H,2,10-11,14-17H2,1H3. The van der Waals surface area contributed by atoms with E-state index in [1.54, 1.807) is 12.4 Å². The fourth-order valence-electron chi connectivity index (χ4n) is 3.85. The Hall–Kier alpha value is -2.53. The van der Waals surface area contributed by atoms with Gasteiger partial charge in [0.2, 0.25) is 0 Å². The highest BCUT2D eigenvalue weighted by Gasteiger charge is 2.22. The molecule has 1 fully saturated rings. The summed E-state index contributed by atoms with van der Waals surface area (Å²) in [5, 5.41) is 4.70. The van der Waals surface area contributed by atoms with Crippen molar-refractivity contribution in [1.82, 2.24) is 24.6 Å². The van der Waals surface area contributed by atoms with Crippen LogP contribution in [0.15, 0.2) is 54.9 Å². The van der Waals surface area contributed by atoms with Crippen molar-refractivity contribution in [2.24, 2.45) is 5.92 Å². The van der Waals surface area contributed by atoms with Gasteiger partial charge in [-0.3, -0.25) is 9.88 Å². The van der Waals surface area contributed by atoms with E-state index in [9.17, 15) is 0 Å². The maximum absolute atomic E-state index is 4.84. The SMILES string of the molecule is CCn1nc(-c2ccncc2)nc1CC1CCN(Cc2ccccc2)CC1. The van der Waals surface area contributed by atoms with Gasteiger partial charge in [0.05, 0.1) is 0 Å². The summed E-state index contributed by atoms with van der Waals surface area (Å²) in [6.07, 6.45) is 7.07. The molecule has 2 aromatic heterocycles. The molecule has 0 bridgehead atoms. The minimum atomic E-state index is 0.691. The fourth-order valence-corrected chi connectivity index (χ4v) is 3.85. The lowest BCUT2D eigenvalue weighted by molar-refractivity contribution is 0.175. The lowest BCUT2D eigenvalue weighted by Gasteiger charge is -2.31. The molecule has 0 N–H and O–H groups in total. The molecule has 1 aliphatic heterocycles. The van der Waals surface area contributed by atoms with Gasteiger partial charge in [-0.1, -0.05) is 30.3 Å². The minimum Gasteiger partial charge on any atom is -0.299 e. The van der Waals surface area contributed by atoms with E-state index in [1.807, 2.05) is 12.1 Å². The number of benzene rings is 1. The quantitative estimate of drug-likeness (QED) is 0.670. The first kappa shape index (κ1) is 17.9. The number of nitrogens with zero attached hydrogens (tertiary/aromatic N) is 5. The zero-order valence-corrected chi connectivity index (χ0v) is 16.0. The first-order valence-electron chi connectivity index (χ1n) is 9.92. The third kappa shape index (κ3) is 4.42. The van der Waals surface area contributed by atoms with Gasteiger partial charge in [-0.15, -0.1) is 0 Å². The Morgan fingerprint density at radius 2 is 1.74 bits per heavy atom. The second kappa shape index (κ2) is 8.44. The van der Waals surface area contributed by atoms with Crippen LogP contribution >= 0.6 is 0 Å². The molecule has 0 saturated carbocycles. The molecule has 0 spiro atoms. The summed E-state index contributed by atoms with van der Waals surface area (Å²) in [6.45, 7) is 6.39. The molecular formula is C22H27N5. The van der Waals surface area contributed by atoms with Crippen molar-refractivity contribution in [3.05, 3.63) is 66.2 Å². The molecular weight excluding hydrogens is 334 g/mol. The molecule has 5 heteroatoms. The van der Waals surface area contributed by atoms with Crippen molar-refractivity contribution >= 4 is 0 Å². The first-order chi connectivity index (χ1) is 13.3. The van der Waals surface area contributed by atoms with Crippen LogP contribution in [0, 0.1) is 5.92 Å². The van der Waals surface area contributed by atoms with E-state index < -0.39 is 0 Å². The average molecular weight is 361 g/mol. The van der Waals surface area contributed by atoms with E-state index >= 15 is 0 Å². The number of pyridine rings is 1. The topological polar surface area (TPSA) is 46.8 Å². The number of hydrogen-bond acceptors (Lipinski definition) is 4. The number of aryl methyl sites for hydroxylation is 1. The molecule has 0 amide bonds. The monoisotopic (exact) mass is 361 g/mol. The van der Waals surface area contributed by atoms with Gasteiger partial charge in [0.1, 0.15) is 5.82 Å². The molecule has 3 heterocycles. The molecule has 0 atom stereocenters. The van der Waals surface area contributed by atoms with Gasteiger partial charge in [-0.05, 0) is 56.5 Å². The summed E-state index contributed by atoms with van der Waals surface area (Å²) >= 11 is 0. The lowest BCUT2D eigenvalue weighted by atomic mass is 9.93. The van der Waals surface area contributed by atoms with Gasteiger partial charge in [-0.2, -0.15) is 5.10 Å². The maximum Gasteiger partial charge on any atom is 0.181 e. The minimum absolute atomic E-state index is 0.691. The average Bonchev–Trinajstić information content (AvgIpc) is 3.14. The summed E-state index contributed by atoms with van der Waals surface area (Å²) in [5.41, 5.74) is 2.44. The molecule has 140 valence electrons. The molecule has 1 aromatic carbocycles. The summed E-state index contributed by atoms with van der Waals surface area (Å²) in [4.78, 5) is 11.5. The van der Waals surface area contributed by atoms with Crippen molar-refractivity contribution in [1.29, 1.82) is 0 Å². The summed E-state index contributed by atoms with van der Waals surface area (Å²) in [6, 6.07) is 14.7. The zero-order chi connectivity index (χ0) is 18.5. The van der Waals surface area contributed by atoms with Crippen molar-refractivity contribution in [2.75, 3.05) is 13.1 Å². The van der Waals surface area contributed by atoms with Crippen LogP contribution in [0.2, 0.25) is 0 Å². The van der Waals surface area contributed by atoms with E-state index in [0.717, 1.165) is 49.8 Å². The molecule has 27 heavy (non-hydrogen) atoms. The smallest absolute Gasteiger partial charge is 0.181 e. The molecule has 0 radical (unpaired) electrons. The van der Waals surface area contributed by atoms with Crippen LogP contribution in [-0.2, 0) is 19.5 Å². The second-order valence-corrected chi connectivity index (χ2v) is 7.31. The number of aromatic nitrogens is 4. The Balaban J connectivity index is 1.37. The highest BCUT2D eigenvalue weighted by Crippen LogP contribution is 2.24. The van der Waals surface area contributed by atoms with Crippen molar-refractivity contribution in [3.63, 3.8) is 0 Å². The van der Waals surface area contributed by atoms with Gasteiger partial charge in [0.25, 0.3) is 0 Å². The second-order valence-electron chi connectivity index (χ2n) is 7.31. The maximum atomic E-state index is 4.84. The van der Waals surface area contributed by atoms with Crippen molar-refractivity contribution in [3.8, 4) is 11.4 Å². The molecule has 0 aliphatic carbocycles. The van der Waals surface area contributed by atoms with Gasteiger partial charge in [0, 0.05) is 37.5 Å².